The van der Waals surface area contributed by atoms with Gasteiger partial charge in [-0.15, -0.1) is 0 Å². The number of aliphatic hydroxyl groups is 1. The van der Waals surface area contributed by atoms with E-state index < -0.39 is 12.1 Å². The monoisotopic (exact) mass is 303 g/mol. The molecule has 21 heavy (non-hydrogen) atoms. The number of nitrogens with one attached hydrogen (secondary N) is 2. The molecule has 0 spiro atoms. The molecule has 2 amide bonds. The van der Waals surface area contributed by atoms with Crippen LogP contribution in [0, 0.1) is 0 Å². The largest absolute Gasteiger partial charge is 0.479 e. The van der Waals surface area contributed by atoms with E-state index in [1.165, 1.54) is 0 Å². The number of rotatable bonds is 11. The Hall–Kier alpha value is -1.34. The summed E-state index contributed by atoms with van der Waals surface area (Å²) in [4.78, 5) is 24.3. The second-order valence-electron chi connectivity index (χ2n) is 5.11. The van der Waals surface area contributed by atoms with Crippen molar-refractivity contribution in [2.24, 2.45) is 0 Å². The molecule has 0 aliphatic rings. The zero-order valence-electron chi connectivity index (χ0n) is 13.3. The summed E-state index contributed by atoms with van der Waals surface area (Å²) in [5.41, 5.74) is 0. The number of carbonyl (C=O) groups is 2. The SMILES string of the molecule is CCN(CC)CCCC(C)NC(=O)NCC[C@H](O)C(=O)O. The summed E-state index contributed by atoms with van der Waals surface area (Å²) in [6, 6.07) is -0.270. The summed E-state index contributed by atoms with van der Waals surface area (Å²) in [7, 11) is 0. The van der Waals surface area contributed by atoms with E-state index in [9.17, 15) is 9.59 Å². The Labute approximate surface area is 126 Å². The van der Waals surface area contributed by atoms with Gasteiger partial charge in [0.15, 0.2) is 6.10 Å². The number of carboxylic acid groups (broad SMARTS) is 1. The molecule has 1 unspecified atom stereocenters. The molecular formula is C14H29N3O4. The van der Waals surface area contributed by atoms with Gasteiger partial charge < -0.3 is 25.7 Å². The lowest BCUT2D eigenvalue weighted by atomic mass is 10.2. The second kappa shape index (κ2) is 11.3. The van der Waals surface area contributed by atoms with Crippen LogP contribution in [0.4, 0.5) is 4.79 Å². The number of urea groups is 1. The lowest BCUT2D eigenvalue weighted by Crippen LogP contribution is -2.42. The van der Waals surface area contributed by atoms with E-state index in [2.05, 4.69) is 29.4 Å². The van der Waals surface area contributed by atoms with Crippen LogP contribution >= 0.6 is 0 Å². The molecule has 0 aliphatic heterocycles. The summed E-state index contributed by atoms with van der Waals surface area (Å²) < 4.78 is 0. The first kappa shape index (κ1) is 19.7. The molecule has 7 nitrogen and oxygen atoms in total. The number of amides is 2. The maximum Gasteiger partial charge on any atom is 0.332 e. The molecule has 0 aromatic carbocycles. The Kier molecular flexibility index (Phi) is 10.6. The molecule has 0 radical (unpaired) electrons. The minimum absolute atomic E-state index is 0.000899. The number of aliphatic hydroxyl groups excluding tert-OH is 1. The quantitative estimate of drug-likeness (QED) is 0.448. The van der Waals surface area contributed by atoms with E-state index in [1.807, 2.05) is 6.92 Å². The van der Waals surface area contributed by atoms with Crippen molar-refractivity contribution in [3.05, 3.63) is 0 Å². The Bertz CT molecular complexity index is 309. The van der Waals surface area contributed by atoms with Gasteiger partial charge in [0.2, 0.25) is 0 Å². The van der Waals surface area contributed by atoms with Crippen LogP contribution in [-0.4, -0.2) is 65.4 Å². The molecule has 0 heterocycles. The van der Waals surface area contributed by atoms with Crippen molar-refractivity contribution in [3.8, 4) is 0 Å². The van der Waals surface area contributed by atoms with Crippen molar-refractivity contribution >= 4 is 12.0 Å². The highest BCUT2D eigenvalue weighted by Crippen LogP contribution is 1.99. The molecule has 0 aromatic heterocycles. The minimum atomic E-state index is -1.43. The Morgan fingerprint density at radius 3 is 2.33 bits per heavy atom. The molecule has 2 atom stereocenters. The van der Waals surface area contributed by atoms with Gasteiger partial charge in [0.05, 0.1) is 0 Å². The van der Waals surface area contributed by atoms with Crippen LogP contribution in [0.15, 0.2) is 0 Å². The normalized spacial score (nSPS) is 13.8. The summed E-state index contributed by atoms with van der Waals surface area (Å²) in [5.74, 6) is -1.28. The fraction of sp³-hybridized carbons (Fsp3) is 0.857. The van der Waals surface area contributed by atoms with E-state index in [4.69, 9.17) is 10.2 Å². The second-order valence-corrected chi connectivity index (χ2v) is 5.11. The third-order valence-electron chi connectivity index (χ3n) is 3.37. The number of carboxylic acids is 1. The summed E-state index contributed by atoms with van der Waals surface area (Å²) in [6.07, 6.45) is 0.471. The molecule has 124 valence electrons. The van der Waals surface area contributed by atoms with Gasteiger partial charge >= 0.3 is 12.0 Å². The van der Waals surface area contributed by atoms with Crippen molar-refractivity contribution in [1.82, 2.24) is 15.5 Å². The van der Waals surface area contributed by atoms with Crippen molar-refractivity contribution in [2.45, 2.75) is 52.2 Å². The van der Waals surface area contributed by atoms with Crippen LogP contribution in [0.25, 0.3) is 0 Å². The van der Waals surface area contributed by atoms with Crippen LogP contribution in [0.1, 0.15) is 40.0 Å². The smallest absolute Gasteiger partial charge is 0.332 e. The van der Waals surface area contributed by atoms with E-state index in [0.717, 1.165) is 32.5 Å². The molecule has 4 N–H and O–H groups in total. The zero-order chi connectivity index (χ0) is 16.3. The van der Waals surface area contributed by atoms with Crippen LogP contribution in [0.5, 0.6) is 0 Å². The lowest BCUT2D eigenvalue weighted by Gasteiger charge is -2.20. The van der Waals surface area contributed by atoms with Crippen molar-refractivity contribution in [2.75, 3.05) is 26.2 Å². The zero-order valence-corrected chi connectivity index (χ0v) is 13.3. The van der Waals surface area contributed by atoms with E-state index in [1.54, 1.807) is 0 Å². The number of hydrogen-bond donors (Lipinski definition) is 4. The first-order valence-electron chi connectivity index (χ1n) is 7.58. The summed E-state index contributed by atoms with van der Waals surface area (Å²) >= 11 is 0. The van der Waals surface area contributed by atoms with Gasteiger partial charge in [-0.1, -0.05) is 13.8 Å². The molecule has 0 aromatic rings. The molecule has 0 bridgehead atoms. The van der Waals surface area contributed by atoms with Crippen LogP contribution < -0.4 is 10.6 Å². The average Bonchev–Trinajstić information content (AvgIpc) is 2.43. The molecular weight excluding hydrogens is 274 g/mol. The summed E-state index contributed by atoms with van der Waals surface area (Å²) in [6.45, 7) is 9.41. The summed E-state index contributed by atoms with van der Waals surface area (Å²) in [5, 5.41) is 22.9. The van der Waals surface area contributed by atoms with Crippen LogP contribution in [0.2, 0.25) is 0 Å². The first-order chi connectivity index (χ1) is 9.90. The number of carbonyl (C=O) groups excluding carboxylic acids is 1. The van der Waals surface area contributed by atoms with Gasteiger partial charge in [-0.3, -0.25) is 0 Å². The maximum atomic E-state index is 11.6. The van der Waals surface area contributed by atoms with Crippen LogP contribution in [0.3, 0.4) is 0 Å². The average molecular weight is 303 g/mol. The number of aliphatic carboxylic acids is 1. The minimum Gasteiger partial charge on any atom is -0.479 e. The van der Waals surface area contributed by atoms with Crippen molar-refractivity contribution < 1.29 is 19.8 Å². The van der Waals surface area contributed by atoms with Gasteiger partial charge in [-0.05, 0) is 39.4 Å². The highest BCUT2D eigenvalue weighted by molar-refractivity contribution is 5.74. The van der Waals surface area contributed by atoms with Gasteiger partial charge in [-0.25, -0.2) is 9.59 Å². The van der Waals surface area contributed by atoms with Gasteiger partial charge in [-0.2, -0.15) is 0 Å². The molecule has 0 rings (SSSR count). The molecule has 7 heteroatoms. The fourth-order valence-corrected chi connectivity index (χ4v) is 1.95. The topological polar surface area (TPSA) is 102 Å². The van der Waals surface area contributed by atoms with E-state index in [0.29, 0.717) is 0 Å². The lowest BCUT2D eigenvalue weighted by molar-refractivity contribution is -0.146. The molecule has 0 saturated carbocycles. The van der Waals surface area contributed by atoms with Crippen molar-refractivity contribution in [1.29, 1.82) is 0 Å². The maximum absolute atomic E-state index is 11.6. The standard InChI is InChI=1S/C14H29N3O4/c1-4-17(5-2)10-6-7-11(3)16-14(21)15-9-8-12(18)13(19)20/h11-12,18H,4-10H2,1-3H3,(H,19,20)(H2,15,16,21)/t11?,12-/m0/s1. The Morgan fingerprint density at radius 2 is 1.81 bits per heavy atom. The highest BCUT2D eigenvalue weighted by Gasteiger charge is 2.13. The molecule has 0 aliphatic carbocycles. The predicted molar refractivity (Wildman–Crippen MR) is 81.3 cm³/mol. The fourth-order valence-electron chi connectivity index (χ4n) is 1.95. The van der Waals surface area contributed by atoms with Gasteiger partial charge in [0, 0.05) is 19.0 Å². The number of nitrogens with zero attached hydrogens (tertiary/aromatic N) is 1. The van der Waals surface area contributed by atoms with Gasteiger partial charge in [0.1, 0.15) is 0 Å². The Morgan fingerprint density at radius 1 is 1.19 bits per heavy atom. The molecule has 0 saturated heterocycles. The number of hydrogen-bond acceptors (Lipinski definition) is 4. The predicted octanol–water partition coefficient (Wildman–Crippen LogP) is 0.632. The molecule has 0 fully saturated rings. The first-order valence-corrected chi connectivity index (χ1v) is 7.58. The Balaban J connectivity index is 3.72. The van der Waals surface area contributed by atoms with E-state index in [-0.39, 0.29) is 25.0 Å². The van der Waals surface area contributed by atoms with Gasteiger partial charge in [0.25, 0.3) is 0 Å². The highest BCUT2D eigenvalue weighted by atomic mass is 16.4. The van der Waals surface area contributed by atoms with Crippen LogP contribution in [-0.2, 0) is 4.79 Å². The third kappa shape index (κ3) is 10.1. The van der Waals surface area contributed by atoms with Crippen molar-refractivity contribution in [3.63, 3.8) is 0 Å². The third-order valence-corrected chi connectivity index (χ3v) is 3.37. The van der Waals surface area contributed by atoms with E-state index >= 15 is 0 Å².